The largest absolute Gasteiger partial charge is 0.457 e. The molecule has 1 amide bonds. The van der Waals surface area contributed by atoms with Gasteiger partial charge in [-0.05, 0) is 58.8 Å². The molecule has 0 fully saturated rings. The first kappa shape index (κ1) is 16.2. The molecule has 2 N–H and O–H groups in total. The maximum atomic E-state index is 12.1. The number of amides is 1. The van der Waals surface area contributed by atoms with E-state index in [1.165, 1.54) is 11.3 Å². The Kier molecular flexibility index (Phi) is 5.25. The number of ether oxygens (including phenoxy) is 1. The summed E-state index contributed by atoms with van der Waals surface area (Å²) in [5, 5.41) is 16.5. The molecule has 0 saturated carbocycles. The molecule has 0 aliphatic rings. The number of carbonyl (C=O) groups is 1. The molecule has 5 heteroatoms. The van der Waals surface area contributed by atoms with Gasteiger partial charge in [-0.3, -0.25) is 4.79 Å². The minimum absolute atomic E-state index is 0.178. The van der Waals surface area contributed by atoms with Crippen molar-refractivity contribution in [2.45, 2.75) is 6.10 Å². The highest BCUT2D eigenvalue weighted by atomic mass is 32.1. The van der Waals surface area contributed by atoms with Crippen molar-refractivity contribution in [2.24, 2.45) is 0 Å². The van der Waals surface area contributed by atoms with Gasteiger partial charge in [0.1, 0.15) is 11.5 Å². The zero-order valence-corrected chi connectivity index (χ0v) is 13.7. The van der Waals surface area contributed by atoms with Gasteiger partial charge in [-0.15, -0.1) is 0 Å². The zero-order valence-electron chi connectivity index (χ0n) is 12.9. The van der Waals surface area contributed by atoms with Crippen molar-refractivity contribution < 1.29 is 14.6 Å². The van der Waals surface area contributed by atoms with E-state index in [0.717, 1.165) is 11.3 Å². The predicted molar refractivity (Wildman–Crippen MR) is 94.6 cm³/mol. The second kappa shape index (κ2) is 7.77. The monoisotopic (exact) mass is 339 g/mol. The minimum atomic E-state index is -0.694. The van der Waals surface area contributed by atoms with Crippen LogP contribution in [0.4, 0.5) is 0 Å². The molecule has 1 atom stereocenters. The lowest BCUT2D eigenvalue weighted by molar-refractivity contribution is 0.0916. The topological polar surface area (TPSA) is 58.6 Å². The first-order valence-electron chi connectivity index (χ1n) is 7.54. The van der Waals surface area contributed by atoms with Crippen LogP contribution < -0.4 is 10.1 Å². The Morgan fingerprint density at radius 1 is 1.04 bits per heavy atom. The van der Waals surface area contributed by atoms with Crippen LogP contribution in [0.1, 0.15) is 22.0 Å². The number of benzene rings is 2. The van der Waals surface area contributed by atoms with Crippen LogP contribution in [0, 0.1) is 0 Å². The number of rotatable bonds is 6. The standard InChI is InChI=1S/C19H17NO3S/c21-18(15-10-11-24-13-15)12-20-19(22)14-6-8-17(9-7-14)23-16-4-2-1-3-5-16/h1-11,13,18,21H,12H2,(H,20,22). The fraction of sp³-hybridized carbons (Fsp3) is 0.105. The van der Waals surface area contributed by atoms with Gasteiger partial charge in [-0.2, -0.15) is 11.3 Å². The van der Waals surface area contributed by atoms with E-state index >= 15 is 0 Å². The molecular formula is C19H17NO3S. The number of aliphatic hydroxyl groups excluding tert-OH is 1. The van der Waals surface area contributed by atoms with Crippen molar-refractivity contribution in [1.29, 1.82) is 0 Å². The van der Waals surface area contributed by atoms with E-state index in [2.05, 4.69) is 5.32 Å². The molecule has 0 aliphatic carbocycles. The third kappa shape index (κ3) is 4.22. The molecule has 4 nitrogen and oxygen atoms in total. The van der Waals surface area contributed by atoms with Crippen molar-refractivity contribution in [3.63, 3.8) is 0 Å². The smallest absolute Gasteiger partial charge is 0.251 e. The number of aliphatic hydroxyl groups is 1. The molecule has 1 unspecified atom stereocenters. The first-order chi connectivity index (χ1) is 11.7. The van der Waals surface area contributed by atoms with E-state index in [9.17, 15) is 9.90 Å². The predicted octanol–water partition coefficient (Wildman–Crippen LogP) is 4.00. The van der Waals surface area contributed by atoms with Crippen molar-refractivity contribution in [3.05, 3.63) is 82.6 Å². The van der Waals surface area contributed by atoms with Gasteiger partial charge in [-0.25, -0.2) is 0 Å². The van der Waals surface area contributed by atoms with Crippen LogP contribution in [0.2, 0.25) is 0 Å². The molecule has 0 aliphatic heterocycles. The quantitative estimate of drug-likeness (QED) is 0.713. The number of hydrogen-bond acceptors (Lipinski definition) is 4. The molecule has 3 aromatic rings. The summed E-state index contributed by atoms with van der Waals surface area (Å²) in [7, 11) is 0. The fourth-order valence-electron chi connectivity index (χ4n) is 2.17. The average Bonchev–Trinajstić information content (AvgIpc) is 3.16. The summed E-state index contributed by atoms with van der Waals surface area (Å²) in [5.74, 6) is 1.18. The fourth-order valence-corrected chi connectivity index (χ4v) is 2.88. The molecule has 0 spiro atoms. The third-order valence-electron chi connectivity index (χ3n) is 3.48. The van der Waals surface area contributed by atoms with E-state index < -0.39 is 6.10 Å². The Labute approximate surface area is 144 Å². The van der Waals surface area contributed by atoms with Crippen molar-refractivity contribution >= 4 is 17.2 Å². The zero-order chi connectivity index (χ0) is 16.8. The first-order valence-corrected chi connectivity index (χ1v) is 8.48. The Balaban J connectivity index is 1.56. The Morgan fingerprint density at radius 3 is 2.42 bits per heavy atom. The van der Waals surface area contributed by atoms with Gasteiger partial charge < -0.3 is 15.2 Å². The van der Waals surface area contributed by atoms with E-state index in [4.69, 9.17) is 4.74 Å². The van der Waals surface area contributed by atoms with Gasteiger partial charge in [0.25, 0.3) is 5.91 Å². The van der Waals surface area contributed by atoms with E-state index in [0.29, 0.717) is 11.3 Å². The van der Waals surface area contributed by atoms with Crippen LogP contribution in [0.5, 0.6) is 11.5 Å². The van der Waals surface area contributed by atoms with Crippen molar-refractivity contribution in [2.75, 3.05) is 6.54 Å². The highest BCUT2D eigenvalue weighted by Gasteiger charge is 2.11. The summed E-state index contributed by atoms with van der Waals surface area (Å²) in [4.78, 5) is 12.1. The van der Waals surface area contributed by atoms with Crippen LogP contribution in [0.25, 0.3) is 0 Å². The second-order valence-electron chi connectivity index (χ2n) is 5.22. The van der Waals surface area contributed by atoms with Crippen LogP contribution >= 0.6 is 11.3 Å². The third-order valence-corrected chi connectivity index (χ3v) is 4.18. The molecular weight excluding hydrogens is 322 g/mol. The summed E-state index contributed by atoms with van der Waals surface area (Å²) < 4.78 is 5.69. The normalized spacial score (nSPS) is 11.7. The minimum Gasteiger partial charge on any atom is -0.457 e. The van der Waals surface area contributed by atoms with E-state index in [1.807, 2.05) is 47.2 Å². The second-order valence-corrected chi connectivity index (χ2v) is 6.00. The van der Waals surface area contributed by atoms with Crippen LogP contribution in [-0.2, 0) is 0 Å². The van der Waals surface area contributed by atoms with Crippen molar-refractivity contribution in [3.8, 4) is 11.5 Å². The SMILES string of the molecule is O=C(NCC(O)c1ccsc1)c1ccc(Oc2ccccc2)cc1. The van der Waals surface area contributed by atoms with Gasteiger partial charge in [0.05, 0.1) is 6.10 Å². The summed E-state index contributed by atoms with van der Waals surface area (Å²) in [6.07, 6.45) is -0.694. The van der Waals surface area contributed by atoms with Gasteiger partial charge in [0.15, 0.2) is 0 Å². The van der Waals surface area contributed by atoms with Crippen LogP contribution in [0.3, 0.4) is 0 Å². The lowest BCUT2D eigenvalue weighted by atomic mass is 10.1. The Morgan fingerprint density at radius 2 is 1.75 bits per heavy atom. The Bertz CT molecular complexity index is 770. The van der Waals surface area contributed by atoms with Gasteiger partial charge in [0, 0.05) is 12.1 Å². The van der Waals surface area contributed by atoms with Crippen LogP contribution in [0.15, 0.2) is 71.4 Å². The summed E-state index contributed by atoms with van der Waals surface area (Å²) in [6, 6.07) is 18.2. The molecule has 122 valence electrons. The lowest BCUT2D eigenvalue weighted by Gasteiger charge is -2.11. The number of para-hydroxylation sites is 1. The molecule has 3 rings (SSSR count). The number of carbonyl (C=O) groups excluding carboxylic acids is 1. The molecule has 1 heterocycles. The maximum absolute atomic E-state index is 12.1. The molecule has 0 bridgehead atoms. The average molecular weight is 339 g/mol. The lowest BCUT2D eigenvalue weighted by Crippen LogP contribution is -2.28. The molecule has 0 saturated heterocycles. The summed E-state index contributed by atoms with van der Waals surface area (Å²) in [6.45, 7) is 0.178. The molecule has 2 aromatic carbocycles. The number of hydrogen-bond donors (Lipinski definition) is 2. The van der Waals surface area contributed by atoms with Gasteiger partial charge in [0.2, 0.25) is 0 Å². The maximum Gasteiger partial charge on any atom is 0.251 e. The summed E-state index contributed by atoms with van der Waals surface area (Å²) in [5.41, 5.74) is 1.33. The Hall–Kier alpha value is -2.63. The summed E-state index contributed by atoms with van der Waals surface area (Å²) >= 11 is 1.51. The van der Waals surface area contributed by atoms with Crippen LogP contribution in [-0.4, -0.2) is 17.6 Å². The van der Waals surface area contributed by atoms with E-state index in [-0.39, 0.29) is 12.5 Å². The van der Waals surface area contributed by atoms with Gasteiger partial charge >= 0.3 is 0 Å². The number of thiophene rings is 1. The van der Waals surface area contributed by atoms with Gasteiger partial charge in [-0.1, -0.05) is 18.2 Å². The number of nitrogens with one attached hydrogen (secondary N) is 1. The molecule has 1 aromatic heterocycles. The highest BCUT2D eigenvalue weighted by Crippen LogP contribution is 2.21. The molecule has 24 heavy (non-hydrogen) atoms. The van der Waals surface area contributed by atoms with Crippen molar-refractivity contribution in [1.82, 2.24) is 5.32 Å². The highest BCUT2D eigenvalue weighted by molar-refractivity contribution is 7.07. The van der Waals surface area contributed by atoms with E-state index in [1.54, 1.807) is 24.3 Å². The molecule has 0 radical (unpaired) electrons.